The van der Waals surface area contributed by atoms with Crippen molar-refractivity contribution >= 4 is 17.5 Å². The Kier molecular flexibility index (Phi) is 4.36. The summed E-state index contributed by atoms with van der Waals surface area (Å²) in [5, 5.41) is 6.51. The molecule has 0 aliphatic carbocycles. The number of rotatable bonds is 4. The number of anilines is 2. The SMILES string of the molecule is CN1CCN(c2cc(NC(=O)c3cc(-c4ccco4)on3)ncn2)CC1. The van der Waals surface area contributed by atoms with E-state index >= 15 is 0 Å². The molecule has 1 fully saturated rings. The summed E-state index contributed by atoms with van der Waals surface area (Å²) in [5.74, 6) is 1.70. The van der Waals surface area contributed by atoms with Crippen molar-refractivity contribution in [3.63, 3.8) is 0 Å². The molecule has 1 aliphatic rings. The van der Waals surface area contributed by atoms with Gasteiger partial charge in [0.1, 0.15) is 18.0 Å². The molecule has 4 heterocycles. The molecule has 9 heteroatoms. The highest BCUT2D eigenvalue weighted by atomic mass is 16.5. The first-order valence-corrected chi connectivity index (χ1v) is 8.26. The summed E-state index contributed by atoms with van der Waals surface area (Å²) in [6.45, 7) is 3.72. The number of piperazine rings is 1. The Bertz CT molecular complexity index is 884. The summed E-state index contributed by atoms with van der Waals surface area (Å²) in [6, 6.07) is 6.75. The summed E-state index contributed by atoms with van der Waals surface area (Å²) >= 11 is 0. The summed E-state index contributed by atoms with van der Waals surface area (Å²) in [6.07, 6.45) is 2.97. The molecule has 3 aromatic rings. The number of nitrogens with one attached hydrogen (secondary N) is 1. The van der Waals surface area contributed by atoms with Crippen LogP contribution in [0.25, 0.3) is 11.5 Å². The van der Waals surface area contributed by atoms with Gasteiger partial charge in [-0.05, 0) is 19.2 Å². The largest absolute Gasteiger partial charge is 0.461 e. The average molecular weight is 354 g/mol. The van der Waals surface area contributed by atoms with Crippen LogP contribution in [-0.2, 0) is 0 Å². The Labute approximate surface area is 149 Å². The molecule has 1 aliphatic heterocycles. The zero-order valence-corrected chi connectivity index (χ0v) is 14.3. The number of carbonyl (C=O) groups is 1. The third-order valence-electron chi connectivity index (χ3n) is 4.23. The van der Waals surface area contributed by atoms with E-state index in [0.717, 1.165) is 32.0 Å². The first-order chi connectivity index (χ1) is 12.7. The molecule has 0 spiro atoms. The third-order valence-corrected chi connectivity index (χ3v) is 4.23. The van der Waals surface area contributed by atoms with Gasteiger partial charge < -0.3 is 24.1 Å². The molecular weight excluding hydrogens is 336 g/mol. The molecular formula is C17H18N6O3. The van der Waals surface area contributed by atoms with Crippen molar-refractivity contribution in [1.82, 2.24) is 20.0 Å². The molecule has 0 radical (unpaired) electrons. The predicted molar refractivity (Wildman–Crippen MR) is 93.9 cm³/mol. The van der Waals surface area contributed by atoms with Gasteiger partial charge in [0.25, 0.3) is 5.91 Å². The second kappa shape index (κ2) is 6.96. The second-order valence-electron chi connectivity index (χ2n) is 6.06. The lowest BCUT2D eigenvalue weighted by Crippen LogP contribution is -2.44. The first kappa shape index (κ1) is 16.3. The summed E-state index contributed by atoms with van der Waals surface area (Å²) in [5.41, 5.74) is 0.149. The van der Waals surface area contributed by atoms with Crippen molar-refractivity contribution in [2.24, 2.45) is 0 Å². The summed E-state index contributed by atoms with van der Waals surface area (Å²) < 4.78 is 10.4. The smallest absolute Gasteiger partial charge is 0.279 e. The minimum atomic E-state index is -0.408. The van der Waals surface area contributed by atoms with E-state index in [1.807, 2.05) is 0 Å². The molecule has 0 unspecified atom stereocenters. The molecule has 0 aromatic carbocycles. The molecule has 1 saturated heterocycles. The van der Waals surface area contributed by atoms with Crippen LogP contribution in [0.15, 0.2) is 45.8 Å². The van der Waals surface area contributed by atoms with E-state index in [1.165, 1.54) is 18.7 Å². The van der Waals surface area contributed by atoms with E-state index in [9.17, 15) is 4.79 Å². The molecule has 26 heavy (non-hydrogen) atoms. The molecule has 0 atom stereocenters. The zero-order valence-electron chi connectivity index (χ0n) is 14.3. The Morgan fingerprint density at radius 1 is 1.15 bits per heavy atom. The van der Waals surface area contributed by atoms with Gasteiger partial charge in [0.15, 0.2) is 11.5 Å². The average Bonchev–Trinajstić information content (AvgIpc) is 3.34. The van der Waals surface area contributed by atoms with Gasteiger partial charge in [0.05, 0.1) is 6.26 Å². The van der Waals surface area contributed by atoms with Crippen LogP contribution in [0.3, 0.4) is 0 Å². The molecule has 0 saturated carbocycles. The van der Waals surface area contributed by atoms with Crippen molar-refractivity contribution in [2.75, 3.05) is 43.4 Å². The van der Waals surface area contributed by atoms with Gasteiger partial charge >= 0.3 is 0 Å². The highest BCUT2D eigenvalue weighted by Gasteiger charge is 2.18. The zero-order chi connectivity index (χ0) is 17.9. The van der Waals surface area contributed by atoms with E-state index in [-0.39, 0.29) is 5.69 Å². The van der Waals surface area contributed by atoms with Crippen molar-refractivity contribution < 1.29 is 13.7 Å². The molecule has 134 valence electrons. The number of hydrogen-bond donors (Lipinski definition) is 1. The van der Waals surface area contributed by atoms with E-state index < -0.39 is 5.91 Å². The number of carbonyl (C=O) groups excluding carboxylic acids is 1. The topological polar surface area (TPSA) is 101 Å². The Morgan fingerprint density at radius 3 is 2.77 bits per heavy atom. The molecule has 0 bridgehead atoms. The highest BCUT2D eigenvalue weighted by molar-refractivity contribution is 6.02. The van der Waals surface area contributed by atoms with Gasteiger partial charge in [-0.15, -0.1) is 0 Å². The first-order valence-electron chi connectivity index (χ1n) is 8.26. The van der Waals surface area contributed by atoms with Gasteiger partial charge in [-0.2, -0.15) is 0 Å². The fourth-order valence-electron chi connectivity index (χ4n) is 2.72. The highest BCUT2D eigenvalue weighted by Crippen LogP contribution is 2.21. The van der Waals surface area contributed by atoms with Crippen LogP contribution < -0.4 is 10.2 Å². The van der Waals surface area contributed by atoms with Crippen LogP contribution in [0.1, 0.15) is 10.5 Å². The number of furan rings is 1. The van der Waals surface area contributed by atoms with Crippen molar-refractivity contribution in [2.45, 2.75) is 0 Å². The molecule has 3 aromatic heterocycles. The third kappa shape index (κ3) is 3.42. The normalized spacial score (nSPS) is 15.2. The van der Waals surface area contributed by atoms with Crippen LogP contribution in [-0.4, -0.2) is 59.2 Å². The van der Waals surface area contributed by atoms with E-state index in [1.54, 1.807) is 18.2 Å². The number of likely N-dealkylation sites (N-methyl/N-ethyl adjacent to an activating group) is 1. The van der Waals surface area contributed by atoms with Gasteiger partial charge in [0, 0.05) is 38.3 Å². The van der Waals surface area contributed by atoms with Gasteiger partial charge in [-0.1, -0.05) is 5.16 Å². The molecule has 9 nitrogen and oxygen atoms in total. The van der Waals surface area contributed by atoms with Crippen LogP contribution in [0.5, 0.6) is 0 Å². The van der Waals surface area contributed by atoms with Gasteiger partial charge in [-0.3, -0.25) is 4.79 Å². The standard InChI is InChI=1S/C17H18N6O3/c1-22-4-6-23(7-5-22)16-10-15(18-11-19-16)20-17(24)12-9-14(26-21-12)13-3-2-8-25-13/h2-3,8-11H,4-7H2,1H3,(H,18,19,20,24). The van der Waals surface area contributed by atoms with Crippen LogP contribution in [0.4, 0.5) is 11.6 Å². The lowest BCUT2D eigenvalue weighted by molar-refractivity contribution is 0.101. The lowest BCUT2D eigenvalue weighted by Gasteiger charge is -2.33. The Balaban J connectivity index is 1.45. The molecule has 4 rings (SSSR count). The maximum absolute atomic E-state index is 12.4. The maximum Gasteiger partial charge on any atom is 0.279 e. The molecule has 1 N–H and O–H groups in total. The monoisotopic (exact) mass is 354 g/mol. The van der Waals surface area contributed by atoms with E-state index in [0.29, 0.717) is 17.3 Å². The van der Waals surface area contributed by atoms with Crippen molar-refractivity contribution in [1.29, 1.82) is 0 Å². The Hall–Kier alpha value is -3.20. The van der Waals surface area contributed by atoms with Crippen LogP contribution in [0, 0.1) is 0 Å². The summed E-state index contributed by atoms with van der Waals surface area (Å²) in [7, 11) is 2.10. The van der Waals surface area contributed by atoms with Gasteiger partial charge in [0.2, 0.25) is 5.76 Å². The van der Waals surface area contributed by atoms with E-state index in [2.05, 4.69) is 37.3 Å². The fourth-order valence-corrected chi connectivity index (χ4v) is 2.72. The number of hydrogen-bond acceptors (Lipinski definition) is 8. The summed E-state index contributed by atoms with van der Waals surface area (Å²) in [4.78, 5) is 25.2. The maximum atomic E-state index is 12.4. The molecule has 1 amide bonds. The van der Waals surface area contributed by atoms with Crippen molar-refractivity contribution in [3.8, 4) is 11.5 Å². The van der Waals surface area contributed by atoms with Crippen LogP contribution in [0.2, 0.25) is 0 Å². The Morgan fingerprint density at radius 2 is 2.00 bits per heavy atom. The fraction of sp³-hybridized carbons (Fsp3) is 0.294. The van der Waals surface area contributed by atoms with Crippen LogP contribution >= 0.6 is 0 Å². The van der Waals surface area contributed by atoms with Crippen molar-refractivity contribution in [3.05, 3.63) is 42.5 Å². The quantitative estimate of drug-likeness (QED) is 0.756. The number of amides is 1. The van der Waals surface area contributed by atoms with E-state index in [4.69, 9.17) is 8.94 Å². The lowest BCUT2D eigenvalue weighted by atomic mass is 10.3. The number of nitrogens with zero attached hydrogens (tertiary/aromatic N) is 5. The predicted octanol–water partition coefficient (Wildman–Crippen LogP) is 1.73. The second-order valence-corrected chi connectivity index (χ2v) is 6.06. The number of aromatic nitrogens is 3. The minimum Gasteiger partial charge on any atom is -0.461 e. The minimum absolute atomic E-state index is 0.149. The van der Waals surface area contributed by atoms with Gasteiger partial charge in [-0.25, -0.2) is 9.97 Å².